The Kier molecular flexibility index (Phi) is 2.93. The lowest BCUT2D eigenvalue weighted by molar-refractivity contribution is 0.422. The smallest absolute Gasteiger partial charge is 0.305 e. The highest BCUT2D eigenvalue weighted by Gasteiger charge is 2.38. The van der Waals surface area contributed by atoms with Crippen molar-refractivity contribution in [3.63, 3.8) is 0 Å². The molecule has 1 aliphatic rings. The van der Waals surface area contributed by atoms with E-state index in [9.17, 15) is 13.2 Å². The van der Waals surface area contributed by atoms with Crippen molar-refractivity contribution >= 4 is 21.4 Å². The number of hydrogen-bond acceptors (Lipinski definition) is 4. The third-order valence-electron chi connectivity index (χ3n) is 2.59. The number of nitrogens with zero attached hydrogens (tertiary/aromatic N) is 1. The van der Waals surface area contributed by atoms with Crippen LogP contribution in [0.3, 0.4) is 0 Å². The maximum atomic E-state index is 12.3. The van der Waals surface area contributed by atoms with E-state index in [1.807, 2.05) is 6.92 Å². The van der Waals surface area contributed by atoms with Crippen LogP contribution in [0, 0.1) is 6.92 Å². The lowest BCUT2D eigenvalue weighted by Gasteiger charge is -2.18. The van der Waals surface area contributed by atoms with Gasteiger partial charge in [-0.05, 0) is 19.8 Å². The Hall–Kier alpha value is -0.660. The molecule has 0 saturated heterocycles. The molecule has 1 saturated carbocycles. The monoisotopic (exact) mass is 262 g/mol. The number of aromatic amines is 1. The van der Waals surface area contributed by atoms with E-state index in [2.05, 4.69) is 4.98 Å². The summed E-state index contributed by atoms with van der Waals surface area (Å²) in [5, 5.41) is 0. The average Bonchev–Trinajstić information content (AvgIpc) is 2.93. The molecule has 0 bridgehead atoms. The average molecular weight is 262 g/mol. The molecular formula is C9H14N2O3S2. The van der Waals surface area contributed by atoms with Crippen LogP contribution in [0.15, 0.2) is 9.00 Å². The molecule has 0 aromatic carbocycles. The van der Waals surface area contributed by atoms with Crippen LogP contribution in [-0.4, -0.2) is 30.3 Å². The number of hydrogen-bond donors (Lipinski definition) is 1. The van der Waals surface area contributed by atoms with E-state index in [0.29, 0.717) is 12.2 Å². The van der Waals surface area contributed by atoms with Crippen molar-refractivity contribution in [2.45, 2.75) is 36.9 Å². The van der Waals surface area contributed by atoms with Gasteiger partial charge in [-0.15, -0.1) is 0 Å². The predicted octanol–water partition coefficient (Wildman–Crippen LogP) is 0.918. The van der Waals surface area contributed by atoms with Crippen LogP contribution < -0.4 is 4.87 Å². The van der Waals surface area contributed by atoms with E-state index in [1.54, 1.807) is 6.92 Å². The van der Waals surface area contributed by atoms with E-state index in [4.69, 9.17) is 0 Å². The SMILES string of the molecule is CCN(C1CC1)S(=O)(=O)c1sc(=O)[nH]c1C. The van der Waals surface area contributed by atoms with E-state index in [0.717, 1.165) is 24.2 Å². The first-order chi connectivity index (χ1) is 7.46. The Morgan fingerprint density at radius 2 is 2.12 bits per heavy atom. The zero-order valence-corrected chi connectivity index (χ0v) is 10.8. The molecule has 0 spiro atoms. The fourth-order valence-electron chi connectivity index (χ4n) is 1.73. The summed E-state index contributed by atoms with van der Waals surface area (Å²) in [6, 6.07) is 0.131. The number of rotatable bonds is 4. The first kappa shape index (κ1) is 11.8. The number of aromatic nitrogens is 1. The fraction of sp³-hybridized carbons (Fsp3) is 0.667. The molecule has 16 heavy (non-hydrogen) atoms. The van der Waals surface area contributed by atoms with E-state index >= 15 is 0 Å². The summed E-state index contributed by atoms with van der Waals surface area (Å²) in [5.74, 6) is 0. The van der Waals surface area contributed by atoms with Crippen molar-refractivity contribution in [3.8, 4) is 0 Å². The third-order valence-corrected chi connectivity index (χ3v) is 6.20. The molecule has 7 heteroatoms. The van der Waals surface area contributed by atoms with Crippen LogP contribution >= 0.6 is 11.3 Å². The molecular weight excluding hydrogens is 248 g/mol. The Morgan fingerprint density at radius 3 is 2.50 bits per heavy atom. The molecule has 90 valence electrons. The molecule has 1 aliphatic carbocycles. The first-order valence-corrected chi connectivity index (χ1v) is 7.44. The summed E-state index contributed by atoms with van der Waals surface area (Å²) >= 11 is 0.769. The van der Waals surface area contributed by atoms with Crippen molar-refractivity contribution in [1.29, 1.82) is 0 Å². The first-order valence-electron chi connectivity index (χ1n) is 5.18. The van der Waals surface area contributed by atoms with Crippen LogP contribution in [0.5, 0.6) is 0 Å². The summed E-state index contributed by atoms with van der Waals surface area (Å²) in [5.41, 5.74) is 0.439. The molecule has 5 nitrogen and oxygen atoms in total. The Bertz CT molecular complexity index is 539. The minimum absolute atomic E-state index is 0.131. The standard InChI is InChI=1S/C9H14N2O3S2/c1-3-11(7-4-5-7)16(13,14)8-6(2)10-9(12)15-8/h7H,3-5H2,1-2H3,(H,10,12). The third kappa shape index (κ3) is 1.94. The van der Waals surface area contributed by atoms with Crippen molar-refractivity contribution in [3.05, 3.63) is 15.4 Å². The second kappa shape index (κ2) is 3.97. The minimum atomic E-state index is -3.48. The maximum absolute atomic E-state index is 12.3. The van der Waals surface area contributed by atoms with Crippen LogP contribution in [0.2, 0.25) is 0 Å². The molecule has 0 radical (unpaired) electrons. The van der Waals surface area contributed by atoms with Gasteiger partial charge in [0, 0.05) is 18.3 Å². The van der Waals surface area contributed by atoms with Gasteiger partial charge in [0.1, 0.15) is 0 Å². The van der Waals surface area contributed by atoms with Gasteiger partial charge < -0.3 is 4.98 Å². The molecule has 0 aliphatic heterocycles. The van der Waals surface area contributed by atoms with Crippen LogP contribution in [0.4, 0.5) is 0 Å². The topological polar surface area (TPSA) is 70.2 Å². The molecule has 1 N–H and O–H groups in total. The van der Waals surface area contributed by atoms with Crippen LogP contribution in [0.25, 0.3) is 0 Å². The lowest BCUT2D eigenvalue weighted by Crippen LogP contribution is -2.32. The number of sulfonamides is 1. The van der Waals surface area contributed by atoms with Gasteiger partial charge in [-0.3, -0.25) is 4.79 Å². The van der Waals surface area contributed by atoms with Crippen LogP contribution in [-0.2, 0) is 10.0 Å². The number of nitrogens with one attached hydrogen (secondary N) is 1. The van der Waals surface area contributed by atoms with Gasteiger partial charge in [-0.2, -0.15) is 4.31 Å². The van der Waals surface area contributed by atoms with E-state index < -0.39 is 10.0 Å². The number of thiazole rings is 1. The second-order valence-electron chi connectivity index (χ2n) is 3.87. The zero-order valence-electron chi connectivity index (χ0n) is 9.19. The van der Waals surface area contributed by atoms with E-state index in [-0.39, 0.29) is 15.1 Å². The summed E-state index contributed by atoms with van der Waals surface area (Å²) in [6.45, 7) is 3.89. The highest BCUT2D eigenvalue weighted by molar-refractivity contribution is 7.91. The zero-order chi connectivity index (χ0) is 11.9. The number of H-pyrrole nitrogens is 1. The molecule has 1 heterocycles. The van der Waals surface area contributed by atoms with Gasteiger partial charge in [0.25, 0.3) is 10.0 Å². The van der Waals surface area contributed by atoms with Crippen LogP contribution in [0.1, 0.15) is 25.5 Å². The van der Waals surface area contributed by atoms with Gasteiger partial charge in [-0.1, -0.05) is 18.3 Å². The quantitative estimate of drug-likeness (QED) is 0.877. The number of aryl methyl sites for hydroxylation is 1. The van der Waals surface area contributed by atoms with Gasteiger partial charge in [0.15, 0.2) is 4.21 Å². The Balaban J connectivity index is 2.44. The van der Waals surface area contributed by atoms with Gasteiger partial charge in [0.05, 0.1) is 0 Å². The Labute approximate surface area is 98.2 Å². The van der Waals surface area contributed by atoms with Gasteiger partial charge in [-0.25, -0.2) is 8.42 Å². The summed E-state index contributed by atoms with van der Waals surface area (Å²) in [4.78, 5) is 13.3. The molecule has 1 aromatic heterocycles. The lowest BCUT2D eigenvalue weighted by atomic mass is 10.6. The second-order valence-corrected chi connectivity index (χ2v) is 6.94. The molecule has 1 aromatic rings. The van der Waals surface area contributed by atoms with Gasteiger partial charge >= 0.3 is 4.87 Å². The predicted molar refractivity (Wildman–Crippen MR) is 62.3 cm³/mol. The molecule has 0 amide bonds. The molecule has 0 atom stereocenters. The minimum Gasteiger partial charge on any atom is -0.315 e. The Morgan fingerprint density at radius 1 is 1.50 bits per heavy atom. The molecule has 0 unspecified atom stereocenters. The fourth-order valence-corrected chi connectivity index (χ4v) is 4.84. The summed E-state index contributed by atoms with van der Waals surface area (Å²) in [6.07, 6.45) is 1.84. The summed E-state index contributed by atoms with van der Waals surface area (Å²) in [7, 11) is -3.48. The van der Waals surface area contributed by atoms with Crippen molar-refractivity contribution in [2.75, 3.05) is 6.54 Å². The van der Waals surface area contributed by atoms with Crippen molar-refractivity contribution < 1.29 is 8.42 Å². The highest BCUT2D eigenvalue weighted by atomic mass is 32.2. The van der Waals surface area contributed by atoms with Crippen molar-refractivity contribution in [1.82, 2.24) is 9.29 Å². The molecule has 1 fully saturated rings. The highest BCUT2D eigenvalue weighted by Crippen LogP contribution is 2.32. The largest absolute Gasteiger partial charge is 0.315 e. The molecule has 2 rings (SSSR count). The normalized spacial score (nSPS) is 16.9. The maximum Gasteiger partial charge on any atom is 0.305 e. The van der Waals surface area contributed by atoms with Gasteiger partial charge in [0.2, 0.25) is 0 Å². The summed E-state index contributed by atoms with van der Waals surface area (Å²) < 4.78 is 26.2. The van der Waals surface area contributed by atoms with Crippen molar-refractivity contribution in [2.24, 2.45) is 0 Å². The van der Waals surface area contributed by atoms with E-state index in [1.165, 1.54) is 4.31 Å².